The number of ether oxygens (including phenoxy) is 3. The number of aromatic nitrogens is 3. The summed E-state index contributed by atoms with van der Waals surface area (Å²) in [5, 5.41) is 0. The standard InChI is InChI=1S/C56H49N3O3/c1-7-47-16-10-43-30-40(13-19-53(43)60-47)50-33-38(22-27-57-50)36(4)58-28-23-39(34-51(58)41-14-20-54-44(31-41)11-17-48(8-2)61-54)37(5)59-29-24-46(56(6)25-26-56)35-52(59)42-15-21-55-45(32-42)12-18-49(9-3)62-55/h7-9,13-37H,1-3,10-12H2,4-6H3/q+2. The van der Waals surface area contributed by atoms with Crippen LogP contribution in [0, 0.1) is 0 Å². The molecule has 6 aromatic rings. The van der Waals surface area contributed by atoms with Gasteiger partial charge in [0.2, 0.25) is 11.4 Å². The number of nitrogens with zero attached hydrogens (tertiary/aromatic N) is 3. The number of fused-ring (bicyclic) bond motifs is 3. The summed E-state index contributed by atoms with van der Waals surface area (Å²) in [7, 11) is 0. The summed E-state index contributed by atoms with van der Waals surface area (Å²) in [4.78, 5) is 4.84. The van der Waals surface area contributed by atoms with Crippen molar-refractivity contribution in [3.63, 3.8) is 0 Å². The summed E-state index contributed by atoms with van der Waals surface area (Å²) >= 11 is 0. The predicted octanol–water partition coefficient (Wildman–Crippen LogP) is 11.7. The minimum absolute atomic E-state index is 0.000708. The van der Waals surface area contributed by atoms with Crippen molar-refractivity contribution in [1.29, 1.82) is 0 Å². The van der Waals surface area contributed by atoms with E-state index in [4.69, 9.17) is 19.2 Å². The van der Waals surface area contributed by atoms with Gasteiger partial charge >= 0.3 is 0 Å². The molecule has 0 N–H and O–H groups in total. The van der Waals surface area contributed by atoms with Crippen LogP contribution >= 0.6 is 0 Å². The Balaban J connectivity index is 1.05. The molecular weight excluding hydrogens is 763 g/mol. The summed E-state index contributed by atoms with van der Waals surface area (Å²) in [6, 6.07) is 33.0. The maximum atomic E-state index is 6.17. The molecule has 6 heteroatoms. The smallest absolute Gasteiger partial charge is 0.213 e. The zero-order valence-corrected chi connectivity index (χ0v) is 35.5. The van der Waals surface area contributed by atoms with Gasteiger partial charge in [-0.15, -0.1) is 0 Å². The second-order valence-corrected chi connectivity index (χ2v) is 16.7. The maximum absolute atomic E-state index is 6.17. The Morgan fingerprint density at radius 1 is 0.565 bits per heavy atom. The van der Waals surface area contributed by atoms with Crippen LogP contribution in [-0.2, 0) is 24.7 Å². The molecule has 10 rings (SSSR count). The second-order valence-electron chi connectivity index (χ2n) is 16.7. The number of hydrogen-bond acceptors (Lipinski definition) is 4. The molecule has 62 heavy (non-hydrogen) atoms. The topological polar surface area (TPSA) is 48.3 Å². The van der Waals surface area contributed by atoms with Crippen LogP contribution in [0.1, 0.15) is 66.2 Å². The fourth-order valence-corrected chi connectivity index (χ4v) is 8.78. The van der Waals surface area contributed by atoms with Crippen LogP contribution in [0.15, 0.2) is 195 Å². The van der Waals surface area contributed by atoms with Gasteiger partial charge < -0.3 is 14.2 Å². The van der Waals surface area contributed by atoms with E-state index in [1.165, 1.54) is 11.1 Å². The van der Waals surface area contributed by atoms with Gasteiger partial charge in [0.15, 0.2) is 24.5 Å². The minimum Gasteiger partial charge on any atom is -0.457 e. The van der Waals surface area contributed by atoms with E-state index in [-0.39, 0.29) is 17.5 Å². The zero-order valence-electron chi connectivity index (χ0n) is 35.5. The molecular formula is C56H49N3O3+2. The van der Waals surface area contributed by atoms with Gasteiger partial charge in [-0.05, 0) is 152 Å². The Bertz CT molecular complexity index is 2980. The lowest BCUT2D eigenvalue weighted by Crippen LogP contribution is -2.43. The number of benzene rings is 3. The van der Waals surface area contributed by atoms with Gasteiger partial charge in [-0.3, -0.25) is 4.98 Å². The molecule has 0 saturated heterocycles. The number of hydrogen-bond donors (Lipinski definition) is 0. The van der Waals surface area contributed by atoms with Gasteiger partial charge in [-0.1, -0.05) is 31.9 Å². The van der Waals surface area contributed by atoms with Crippen molar-refractivity contribution in [2.45, 2.75) is 57.5 Å². The minimum atomic E-state index is -0.0245. The van der Waals surface area contributed by atoms with Gasteiger partial charge in [0.25, 0.3) is 0 Å². The molecule has 0 amide bonds. The third kappa shape index (κ3) is 7.21. The van der Waals surface area contributed by atoms with Crippen LogP contribution in [0.3, 0.4) is 0 Å². The molecule has 0 saturated carbocycles. The van der Waals surface area contributed by atoms with Crippen LogP contribution in [0.25, 0.3) is 33.8 Å². The second kappa shape index (κ2) is 15.6. The van der Waals surface area contributed by atoms with Crippen LogP contribution in [-0.4, -0.2) is 4.98 Å². The Morgan fingerprint density at radius 2 is 1.03 bits per heavy atom. The Morgan fingerprint density at radius 3 is 1.55 bits per heavy atom. The number of rotatable bonds is 11. The molecule has 4 aliphatic rings. The molecule has 2 atom stereocenters. The first kappa shape index (κ1) is 38.9. The lowest BCUT2D eigenvalue weighted by molar-refractivity contribution is -0.705. The van der Waals surface area contributed by atoms with Crippen molar-refractivity contribution in [1.82, 2.24) is 4.98 Å². The van der Waals surface area contributed by atoms with Gasteiger partial charge in [0.1, 0.15) is 34.5 Å². The molecule has 3 aromatic heterocycles. The molecule has 0 fully saturated rings. The zero-order chi connectivity index (χ0) is 42.5. The molecule has 0 spiro atoms. The highest BCUT2D eigenvalue weighted by atomic mass is 16.5. The van der Waals surface area contributed by atoms with E-state index in [9.17, 15) is 0 Å². The largest absolute Gasteiger partial charge is 0.457 e. The fourth-order valence-electron chi connectivity index (χ4n) is 8.78. The summed E-state index contributed by atoms with van der Waals surface area (Å²) in [6.07, 6.45) is 24.9. The molecule has 304 valence electrons. The van der Waals surface area contributed by atoms with Crippen LogP contribution in [0.4, 0.5) is 0 Å². The van der Waals surface area contributed by atoms with E-state index >= 15 is 0 Å². The molecule has 2 unspecified atom stereocenters. The van der Waals surface area contributed by atoms with Gasteiger partial charge in [-0.25, -0.2) is 0 Å². The molecule has 0 bridgehead atoms. The monoisotopic (exact) mass is 811 g/mol. The van der Waals surface area contributed by atoms with E-state index in [0.29, 0.717) is 0 Å². The van der Waals surface area contributed by atoms with Gasteiger partial charge in [0.05, 0.1) is 5.69 Å². The van der Waals surface area contributed by atoms with Crippen molar-refractivity contribution in [2.75, 3.05) is 0 Å². The first-order chi connectivity index (χ1) is 30.2. The first-order valence-electron chi connectivity index (χ1n) is 21.4. The molecule has 6 heterocycles. The summed E-state index contributed by atoms with van der Waals surface area (Å²) in [5.41, 5.74) is 13.6. The highest BCUT2D eigenvalue weighted by Crippen LogP contribution is 2.40. The van der Waals surface area contributed by atoms with Crippen molar-refractivity contribution in [3.8, 4) is 51.0 Å². The van der Waals surface area contributed by atoms with Crippen LogP contribution in [0.5, 0.6) is 17.2 Å². The maximum Gasteiger partial charge on any atom is 0.213 e. The molecule has 3 aromatic carbocycles. The van der Waals surface area contributed by atoms with E-state index in [0.717, 1.165) is 110 Å². The highest BCUT2D eigenvalue weighted by Gasteiger charge is 2.34. The molecule has 3 aliphatic heterocycles. The Hall–Kier alpha value is -7.31. The van der Waals surface area contributed by atoms with Crippen LogP contribution in [0.2, 0.25) is 0 Å². The summed E-state index contributed by atoms with van der Waals surface area (Å²) in [6.45, 7) is 18.5. The van der Waals surface area contributed by atoms with Crippen molar-refractivity contribution in [2.24, 2.45) is 0 Å². The molecule has 1 aliphatic carbocycles. The Labute approximate surface area is 364 Å². The van der Waals surface area contributed by atoms with Crippen molar-refractivity contribution in [3.05, 3.63) is 229 Å². The molecule has 6 nitrogen and oxygen atoms in total. The SMILES string of the molecule is C=CC1=CCc2cc(-c3cc(C(C)[n+]4ccc(C(C)[n+]5ccc(C6(C)C=C6)cc5-c5ccc6c(c5)CC=C(C=C)O6)cc4-c4ccc5c(c4)CC=C(C=C)O5)ccn3)ccc2O1. The molecule has 0 radical (unpaired) electrons. The van der Waals surface area contributed by atoms with E-state index < -0.39 is 0 Å². The van der Waals surface area contributed by atoms with Crippen LogP contribution < -0.4 is 23.3 Å². The predicted molar refractivity (Wildman–Crippen MR) is 246 cm³/mol. The highest BCUT2D eigenvalue weighted by molar-refractivity contribution is 5.66. The number of pyridine rings is 3. The third-order valence-electron chi connectivity index (χ3n) is 12.8. The first-order valence-corrected chi connectivity index (χ1v) is 21.4. The quantitative estimate of drug-likeness (QED) is 0.0966. The Kier molecular flexibility index (Phi) is 9.79. The van der Waals surface area contributed by atoms with Crippen molar-refractivity contribution >= 4 is 0 Å². The van der Waals surface area contributed by atoms with E-state index in [2.05, 4.69) is 177 Å². The lowest BCUT2D eigenvalue weighted by Gasteiger charge is -2.20. The van der Waals surface area contributed by atoms with Gasteiger partial charge in [0, 0.05) is 77.5 Å². The number of allylic oxidation sites excluding steroid dienone is 8. The average Bonchev–Trinajstić information content (AvgIpc) is 4.09. The summed E-state index contributed by atoms with van der Waals surface area (Å²) < 4.78 is 23.1. The van der Waals surface area contributed by atoms with Gasteiger partial charge in [-0.2, -0.15) is 9.13 Å². The van der Waals surface area contributed by atoms with E-state index in [1.807, 2.05) is 12.3 Å². The lowest BCUT2D eigenvalue weighted by atomic mass is 9.93. The third-order valence-corrected chi connectivity index (χ3v) is 12.8. The average molecular weight is 812 g/mol. The normalized spacial score (nSPS) is 16.3. The van der Waals surface area contributed by atoms with E-state index in [1.54, 1.807) is 18.2 Å². The fraction of sp³-hybridized carbons (Fsp3) is 0.161. The summed E-state index contributed by atoms with van der Waals surface area (Å²) in [5.74, 6) is 5.00. The van der Waals surface area contributed by atoms with Crippen molar-refractivity contribution < 1.29 is 23.3 Å².